The third kappa shape index (κ3) is 4.16. The van der Waals surface area contributed by atoms with Crippen LogP contribution in [-0.2, 0) is 11.2 Å². The summed E-state index contributed by atoms with van der Waals surface area (Å²) in [4.78, 5) is 44.3. The molecule has 2 aliphatic heterocycles. The first-order valence-corrected chi connectivity index (χ1v) is 13.5. The maximum atomic E-state index is 13.9. The third-order valence-electron chi connectivity index (χ3n) is 8.56. The van der Waals surface area contributed by atoms with Gasteiger partial charge in [-0.05, 0) is 59.6 Å². The molecule has 37 heavy (non-hydrogen) atoms. The molecule has 3 amide bonds. The molecule has 3 aliphatic rings. The van der Waals surface area contributed by atoms with Gasteiger partial charge in [0.05, 0.1) is 23.7 Å². The standard InChI is InChI=1S/C32H32N2O3/c1-21-9-5-7-13-25(21)30(35)33-18-17-23-12-6-8-14-26(23)29(33)20-34-31(36)27-16-15-24(19-28(27)32(34)37)22-10-3-2-4-11-22/h2-4,6,8,10-12,14-16,19,21,25,29H,5,7,9,13,17-18,20H2,1H3. The molecule has 0 spiro atoms. The van der Waals surface area contributed by atoms with Gasteiger partial charge < -0.3 is 4.90 Å². The summed E-state index contributed by atoms with van der Waals surface area (Å²) in [7, 11) is 0. The lowest BCUT2D eigenvalue weighted by Crippen LogP contribution is -2.49. The third-order valence-corrected chi connectivity index (χ3v) is 8.56. The van der Waals surface area contributed by atoms with Gasteiger partial charge in [-0.15, -0.1) is 0 Å². The Morgan fingerprint density at radius 3 is 2.38 bits per heavy atom. The molecule has 1 aliphatic carbocycles. The molecule has 5 heteroatoms. The van der Waals surface area contributed by atoms with E-state index in [-0.39, 0.29) is 36.2 Å². The van der Waals surface area contributed by atoms with Gasteiger partial charge in [0.2, 0.25) is 5.91 Å². The highest BCUT2D eigenvalue weighted by atomic mass is 16.2. The molecule has 0 bridgehead atoms. The smallest absolute Gasteiger partial charge is 0.261 e. The van der Waals surface area contributed by atoms with Crippen molar-refractivity contribution in [2.24, 2.45) is 11.8 Å². The van der Waals surface area contributed by atoms with Crippen LogP contribution in [0.25, 0.3) is 11.1 Å². The van der Waals surface area contributed by atoms with E-state index in [1.165, 1.54) is 16.9 Å². The first-order valence-electron chi connectivity index (χ1n) is 13.5. The Morgan fingerprint density at radius 1 is 0.838 bits per heavy atom. The quantitative estimate of drug-likeness (QED) is 0.426. The number of carbonyl (C=O) groups excluding carboxylic acids is 3. The monoisotopic (exact) mass is 492 g/mol. The number of hydrogen-bond donors (Lipinski definition) is 0. The Labute approximate surface area is 218 Å². The zero-order chi connectivity index (χ0) is 25.5. The van der Waals surface area contributed by atoms with Gasteiger partial charge in [0.15, 0.2) is 0 Å². The maximum absolute atomic E-state index is 13.9. The largest absolute Gasteiger partial charge is 0.333 e. The second kappa shape index (κ2) is 9.62. The molecule has 3 aromatic carbocycles. The summed E-state index contributed by atoms with van der Waals surface area (Å²) in [6.07, 6.45) is 5.05. The topological polar surface area (TPSA) is 57.7 Å². The van der Waals surface area contributed by atoms with Crippen LogP contribution in [0.1, 0.15) is 70.5 Å². The zero-order valence-corrected chi connectivity index (χ0v) is 21.2. The number of nitrogens with zero attached hydrogens (tertiary/aromatic N) is 2. The van der Waals surface area contributed by atoms with Gasteiger partial charge in [-0.2, -0.15) is 0 Å². The van der Waals surface area contributed by atoms with Crippen LogP contribution in [0.2, 0.25) is 0 Å². The lowest BCUT2D eigenvalue weighted by atomic mass is 9.78. The van der Waals surface area contributed by atoms with Crippen LogP contribution >= 0.6 is 0 Å². The predicted molar refractivity (Wildman–Crippen MR) is 143 cm³/mol. The van der Waals surface area contributed by atoms with E-state index in [4.69, 9.17) is 0 Å². The highest BCUT2D eigenvalue weighted by Crippen LogP contribution is 2.38. The Balaban J connectivity index is 1.32. The van der Waals surface area contributed by atoms with Crippen LogP contribution in [0.3, 0.4) is 0 Å². The van der Waals surface area contributed by atoms with Crippen LogP contribution in [0.5, 0.6) is 0 Å². The fraction of sp³-hybridized carbons (Fsp3) is 0.344. The molecule has 188 valence electrons. The maximum Gasteiger partial charge on any atom is 0.261 e. The minimum atomic E-state index is -0.331. The fourth-order valence-electron chi connectivity index (χ4n) is 6.45. The Bertz CT molecular complexity index is 1370. The van der Waals surface area contributed by atoms with E-state index in [0.717, 1.165) is 42.4 Å². The average Bonchev–Trinajstić information content (AvgIpc) is 3.18. The fourth-order valence-corrected chi connectivity index (χ4v) is 6.45. The molecule has 0 radical (unpaired) electrons. The summed E-state index contributed by atoms with van der Waals surface area (Å²) >= 11 is 0. The van der Waals surface area contributed by atoms with Crippen LogP contribution in [-0.4, -0.2) is 40.6 Å². The van der Waals surface area contributed by atoms with Crippen molar-refractivity contribution in [2.75, 3.05) is 13.1 Å². The molecule has 6 rings (SSSR count). The van der Waals surface area contributed by atoms with Crippen molar-refractivity contribution in [3.63, 3.8) is 0 Å². The van der Waals surface area contributed by atoms with Gasteiger partial charge in [-0.25, -0.2) is 0 Å². The zero-order valence-electron chi connectivity index (χ0n) is 21.2. The van der Waals surface area contributed by atoms with Crippen LogP contribution in [0, 0.1) is 11.8 Å². The summed E-state index contributed by atoms with van der Waals surface area (Å²) in [5.41, 5.74) is 5.03. The highest BCUT2D eigenvalue weighted by molar-refractivity contribution is 6.21. The van der Waals surface area contributed by atoms with Gasteiger partial charge in [-0.1, -0.05) is 80.4 Å². The SMILES string of the molecule is CC1CCCCC1C(=O)N1CCc2ccccc2C1CN1C(=O)c2ccc(-c3ccccc3)cc2C1=O. The first-order chi connectivity index (χ1) is 18.0. The second-order valence-electron chi connectivity index (χ2n) is 10.7. The highest BCUT2D eigenvalue weighted by Gasteiger charge is 2.42. The number of fused-ring (bicyclic) bond motifs is 2. The van der Waals surface area contributed by atoms with E-state index in [1.54, 1.807) is 6.07 Å². The van der Waals surface area contributed by atoms with Gasteiger partial charge >= 0.3 is 0 Å². The minimum Gasteiger partial charge on any atom is -0.333 e. The van der Waals surface area contributed by atoms with Crippen molar-refractivity contribution in [2.45, 2.75) is 45.1 Å². The number of hydrogen-bond acceptors (Lipinski definition) is 3. The number of rotatable bonds is 4. The lowest BCUT2D eigenvalue weighted by Gasteiger charge is -2.42. The summed E-state index contributed by atoms with van der Waals surface area (Å²) in [5.74, 6) is -0.0121. The van der Waals surface area contributed by atoms with Gasteiger partial charge in [0.25, 0.3) is 11.8 Å². The molecule has 3 atom stereocenters. The molecule has 0 saturated heterocycles. The normalized spacial score (nSPS) is 23.1. The van der Waals surface area contributed by atoms with Crippen molar-refractivity contribution in [1.82, 2.24) is 9.80 Å². The number of benzene rings is 3. The Kier molecular flexibility index (Phi) is 6.15. The van der Waals surface area contributed by atoms with Crippen molar-refractivity contribution in [1.29, 1.82) is 0 Å². The molecule has 0 aromatic heterocycles. The van der Waals surface area contributed by atoms with Gasteiger partial charge in [-0.3, -0.25) is 19.3 Å². The Hall–Kier alpha value is -3.73. The van der Waals surface area contributed by atoms with Crippen molar-refractivity contribution >= 4 is 17.7 Å². The number of carbonyl (C=O) groups is 3. The lowest BCUT2D eigenvalue weighted by molar-refractivity contribution is -0.141. The van der Waals surface area contributed by atoms with Crippen molar-refractivity contribution in [3.05, 3.63) is 95.1 Å². The molecular weight excluding hydrogens is 460 g/mol. The van der Waals surface area contributed by atoms with Crippen LogP contribution < -0.4 is 0 Å². The van der Waals surface area contributed by atoms with Crippen molar-refractivity contribution in [3.8, 4) is 11.1 Å². The second-order valence-corrected chi connectivity index (χ2v) is 10.7. The molecule has 3 unspecified atom stereocenters. The first kappa shape index (κ1) is 23.7. The van der Waals surface area contributed by atoms with E-state index in [1.807, 2.05) is 59.5 Å². The van der Waals surface area contributed by atoms with Crippen molar-refractivity contribution < 1.29 is 14.4 Å². The van der Waals surface area contributed by atoms with E-state index in [2.05, 4.69) is 19.1 Å². The summed E-state index contributed by atoms with van der Waals surface area (Å²) < 4.78 is 0. The van der Waals surface area contributed by atoms with E-state index >= 15 is 0 Å². The predicted octanol–water partition coefficient (Wildman–Crippen LogP) is 5.90. The van der Waals surface area contributed by atoms with E-state index in [0.29, 0.717) is 23.6 Å². The molecular formula is C32H32N2O3. The molecule has 2 heterocycles. The Morgan fingerprint density at radius 2 is 1.57 bits per heavy atom. The average molecular weight is 493 g/mol. The molecule has 1 saturated carbocycles. The van der Waals surface area contributed by atoms with Gasteiger partial charge in [0, 0.05) is 12.5 Å². The molecule has 1 fully saturated rings. The summed E-state index contributed by atoms with van der Waals surface area (Å²) in [5, 5.41) is 0. The van der Waals surface area contributed by atoms with E-state index in [9.17, 15) is 14.4 Å². The molecule has 5 nitrogen and oxygen atoms in total. The number of imide groups is 1. The van der Waals surface area contributed by atoms with Gasteiger partial charge in [0.1, 0.15) is 0 Å². The molecule has 0 N–H and O–H groups in total. The summed E-state index contributed by atoms with van der Waals surface area (Å²) in [6.45, 7) is 2.98. The summed E-state index contributed by atoms with van der Waals surface area (Å²) in [6, 6.07) is 23.2. The van der Waals surface area contributed by atoms with E-state index < -0.39 is 0 Å². The van der Waals surface area contributed by atoms with Crippen LogP contribution in [0.15, 0.2) is 72.8 Å². The minimum absolute atomic E-state index is 0.0112. The molecule has 3 aromatic rings. The van der Waals surface area contributed by atoms with Crippen LogP contribution in [0.4, 0.5) is 0 Å². The number of amides is 3.